The fourth-order valence-electron chi connectivity index (χ4n) is 5.00. The molecular formula is C13H19ClO2. The number of hydrogen-bond donors (Lipinski definition) is 1. The highest BCUT2D eigenvalue weighted by atomic mass is 35.5. The van der Waals surface area contributed by atoms with E-state index in [1.807, 2.05) is 0 Å². The molecule has 0 aromatic heterocycles. The van der Waals surface area contributed by atoms with E-state index in [1.165, 1.54) is 32.1 Å². The fraction of sp³-hybridized carbons (Fsp3) is 0.923. The summed E-state index contributed by atoms with van der Waals surface area (Å²) in [6.07, 6.45) is 8.44. The summed E-state index contributed by atoms with van der Waals surface area (Å²) >= 11 is 6.69. The molecule has 2 nitrogen and oxygen atoms in total. The molecule has 4 fully saturated rings. The van der Waals surface area contributed by atoms with Crippen molar-refractivity contribution >= 4 is 17.6 Å². The zero-order chi connectivity index (χ0) is 11.4. The van der Waals surface area contributed by atoms with E-state index in [0.29, 0.717) is 6.42 Å². The minimum absolute atomic E-state index is 0.0303. The highest BCUT2D eigenvalue weighted by Gasteiger charge is 2.56. The van der Waals surface area contributed by atoms with Crippen molar-refractivity contribution in [1.29, 1.82) is 0 Å². The number of rotatable bonds is 3. The molecule has 0 radical (unpaired) electrons. The second-order valence-electron chi connectivity index (χ2n) is 6.51. The lowest BCUT2D eigenvalue weighted by molar-refractivity contribution is -0.139. The molecule has 0 spiro atoms. The van der Waals surface area contributed by atoms with Crippen LogP contribution in [0.5, 0.6) is 0 Å². The Morgan fingerprint density at radius 3 is 2.38 bits per heavy atom. The minimum Gasteiger partial charge on any atom is -0.481 e. The lowest BCUT2D eigenvalue weighted by Crippen LogP contribution is -2.53. The van der Waals surface area contributed by atoms with Crippen LogP contribution >= 0.6 is 11.6 Å². The topological polar surface area (TPSA) is 37.3 Å². The predicted molar refractivity (Wildman–Crippen MR) is 62.6 cm³/mol. The normalized spacial score (nSPS) is 49.6. The third kappa shape index (κ3) is 1.75. The molecule has 0 aromatic carbocycles. The Bertz CT molecular complexity index is 312. The summed E-state index contributed by atoms with van der Waals surface area (Å²) in [5.74, 6) is 0.916. The third-order valence-electron chi connectivity index (χ3n) is 4.98. The first-order chi connectivity index (χ1) is 7.49. The van der Waals surface area contributed by atoms with Gasteiger partial charge in [-0.15, -0.1) is 11.6 Å². The maximum Gasteiger partial charge on any atom is 0.303 e. The van der Waals surface area contributed by atoms with Gasteiger partial charge in [0, 0.05) is 11.3 Å². The van der Waals surface area contributed by atoms with Crippen LogP contribution in [0.2, 0.25) is 0 Å². The zero-order valence-corrected chi connectivity index (χ0v) is 10.3. The summed E-state index contributed by atoms with van der Waals surface area (Å²) in [5.41, 5.74) is 0.282. The minimum atomic E-state index is -0.653. The molecule has 90 valence electrons. The molecule has 0 aliphatic heterocycles. The molecule has 0 heterocycles. The fourth-order valence-corrected chi connectivity index (χ4v) is 5.72. The van der Waals surface area contributed by atoms with Gasteiger partial charge in [0.05, 0.1) is 0 Å². The van der Waals surface area contributed by atoms with Gasteiger partial charge in [0.2, 0.25) is 0 Å². The van der Waals surface area contributed by atoms with Crippen LogP contribution in [0.1, 0.15) is 51.4 Å². The van der Waals surface area contributed by atoms with Crippen molar-refractivity contribution in [2.24, 2.45) is 17.3 Å². The second-order valence-corrected chi connectivity index (χ2v) is 7.31. The van der Waals surface area contributed by atoms with E-state index in [-0.39, 0.29) is 10.3 Å². The standard InChI is InChI=1S/C13H19ClO2/c14-13-6-9-3-10(7-13)5-12(4-9,8-13)2-1-11(15)16/h9-10H,1-8H2,(H,15,16)/t9-,10-,12?,13?/m1/s1. The first-order valence-electron chi connectivity index (χ1n) is 6.39. The van der Waals surface area contributed by atoms with Crippen LogP contribution in [0.3, 0.4) is 0 Å². The van der Waals surface area contributed by atoms with E-state index in [1.54, 1.807) is 0 Å². The smallest absolute Gasteiger partial charge is 0.303 e. The van der Waals surface area contributed by atoms with Gasteiger partial charge in [-0.2, -0.15) is 0 Å². The number of hydrogen-bond acceptors (Lipinski definition) is 1. The van der Waals surface area contributed by atoms with Crippen molar-refractivity contribution in [2.45, 2.75) is 56.2 Å². The summed E-state index contributed by atoms with van der Waals surface area (Å²) in [7, 11) is 0. The van der Waals surface area contributed by atoms with Crippen molar-refractivity contribution in [3.8, 4) is 0 Å². The molecule has 0 amide bonds. The molecule has 4 aliphatic carbocycles. The number of halogens is 1. The van der Waals surface area contributed by atoms with Crippen LogP contribution in [-0.4, -0.2) is 16.0 Å². The van der Waals surface area contributed by atoms with Crippen molar-refractivity contribution < 1.29 is 9.90 Å². The number of alkyl halides is 1. The molecule has 0 aromatic rings. The van der Waals surface area contributed by atoms with Gasteiger partial charge < -0.3 is 5.11 Å². The molecular weight excluding hydrogens is 224 g/mol. The van der Waals surface area contributed by atoms with Crippen LogP contribution in [-0.2, 0) is 4.79 Å². The van der Waals surface area contributed by atoms with Crippen LogP contribution in [0.15, 0.2) is 0 Å². The van der Waals surface area contributed by atoms with E-state index in [2.05, 4.69) is 0 Å². The number of carbonyl (C=O) groups is 1. The molecule has 4 bridgehead atoms. The van der Waals surface area contributed by atoms with Crippen LogP contribution in [0.25, 0.3) is 0 Å². The largest absolute Gasteiger partial charge is 0.481 e. The van der Waals surface area contributed by atoms with Crippen molar-refractivity contribution in [3.63, 3.8) is 0 Å². The Hall–Kier alpha value is -0.240. The molecule has 4 aliphatic rings. The summed E-state index contributed by atoms with van der Waals surface area (Å²) in [6.45, 7) is 0. The zero-order valence-electron chi connectivity index (χ0n) is 9.54. The van der Waals surface area contributed by atoms with Crippen LogP contribution < -0.4 is 0 Å². The number of carboxylic acids is 1. The predicted octanol–water partition coefficient (Wildman–Crippen LogP) is 3.43. The number of aliphatic carboxylic acids is 1. The summed E-state index contributed by atoms with van der Waals surface area (Å²) < 4.78 is 0. The van der Waals surface area contributed by atoms with Gasteiger partial charge >= 0.3 is 5.97 Å². The molecule has 3 heteroatoms. The lowest BCUT2D eigenvalue weighted by Gasteiger charge is -2.60. The Labute approximate surface area is 101 Å². The first-order valence-corrected chi connectivity index (χ1v) is 6.77. The van der Waals surface area contributed by atoms with Crippen LogP contribution in [0, 0.1) is 17.3 Å². The Balaban J connectivity index is 1.78. The van der Waals surface area contributed by atoms with Gasteiger partial charge in [-0.25, -0.2) is 0 Å². The van der Waals surface area contributed by atoms with Crippen LogP contribution in [0.4, 0.5) is 0 Å². The lowest BCUT2D eigenvalue weighted by atomic mass is 9.48. The SMILES string of the molecule is O=C(O)CCC12C[C@H]3C[C@@H](CC(Cl)(C3)C1)C2. The Morgan fingerprint density at radius 2 is 1.88 bits per heavy atom. The highest BCUT2D eigenvalue weighted by Crippen LogP contribution is 2.65. The molecule has 4 rings (SSSR count). The maximum atomic E-state index is 10.7. The van der Waals surface area contributed by atoms with Gasteiger partial charge in [-0.1, -0.05) is 0 Å². The van der Waals surface area contributed by atoms with E-state index in [9.17, 15) is 4.79 Å². The molecule has 16 heavy (non-hydrogen) atoms. The third-order valence-corrected chi connectivity index (χ3v) is 5.42. The van der Waals surface area contributed by atoms with Crippen molar-refractivity contribution in [3.05, 3.63) is 0 Å². The summed E-state index contributed by atoms with van der Waals surface area (Å²) in [5, 5.41) is 8.85. The molecule has 2 atom stereocenters. The number of carboxylic acid groups (broad SMARTS) is 1. The Kier molecular flexibility index (Phi) is 2.30. The first kappa shape index (κ1) is 10.9. The van der Waals surface area contributed by atoms with E-state index >= 15 is 0 Å². The average molecular weight is 243 g/mol. The summed E-state index contributed by atoms with van der Waals surface area (Å²) in [4.78, 5) is 10.8. The molecule has 4 saturated carbocycles. The van der Waals surface area contributed by atoms with Gasteiger partial charge in [0.25, 0.3) is 0 Å². The monoisotopic (exact) mass is 242 g/mol. The van der Waals surface area contributed by atoms with Gasteiger partial charge in [-0.3, -0.25) is 4.79 Å². The van der Waals surface area contributed by atoms with E-state index in [0.717, 1.165) is 24.7 Å². The highest BCUT2D eigenvalue weighted by molar-refractivity contribution is 6.24. The summed E-state index contributed by atoms with van der Waals surface area (Å²) in [6, 6.07) is 0. The van der Waals surface area contributed by atoms with Gasteiger partial charge in [-0.05, 0) is 62.2 Å². The van der Waals surface area contributed by atoms with Crippen molar-refractivity contribution in [1.82, 2.24) is 0 Å². The molecule has 0 saturated heterocycles. The average Bonchev–Trinajstić information content (AvgIpc) is 2.10. The van der Waals surface area contributed by atoms with Gasteiger partial charge in [0.15, 0.2) is 0 Å². The molecule has 1 N–H and O–H groups in total. The quantitative estimate of drug-likeness (QED) is 0.770. The van der Waals surface area contributed by atoms with Crippen molar-refractivity contribution in [2.75, 3.05) is 0 Å². The molecule has 0 unspecified atom stereocenters. The second kappa shape index (κ2) is 3.38. The maximum absolute atomic E-state index is 10.7. The Morgan fingerprint density at radius 1 is 1.25 bits per heavy atom. The van der Waals surface area contributed by atoms with E-state index < -0.39 is 5.97 Å². The van der Waals surface area contributed by atoms with Gasteiger partial charge in [0.1, 0.15) is 0 Å². The van der Waals surface area contributed by atoms with E-state index in [4.69, 9.17) is 16.7 Å².